The van der Waals surface area contributed by atoms with E-state index < -0.39 is 12.1 Å². The molecule has 7 nitrogen and oxygen atoms in total. The number of ether oxygens (including phenoxy) is 2. The Kier molecular flexibility index (Phi) is 7.52. The Hall–Kier alpha value is -4.04. The van der Waals surface area contributed by atoms with E-state index in [0.29, 0.717) is 17.1 Å². The minimum Gasteiger partial charge on any atom is -0.508 e. The summed E-state index contributed by atoms with van der Waals surface area (Å²) < 4.78 is 11.5. The number of hydrogen-bond donors (Lipinski definition) is 3. The van der Waals surface area contributed by atoms with Crippen molar-refractivity contribution in [2.75, 3.05) is 14.2 Å². The minimum absolute atomic E-state index is 0.0628. The molecule has 178 valence electrons. The van der Waals surface area contributed by atoms with E-state index in [1.54, 1.807) is 26.4 Å². The van der Waals surface area contributed by atoms with Crippen LogP contribution in [0.15, 0.2) is 88.4 Å². The lowest BCUT2D eigenvalue weighted by Crippen LogP contribution is -2.36. The van der Waals surface area contributed by atoms with Crippen LogP contribution in [-0.2, 0) is 0 Å². The van der Waals surface area contributed by atoms with Crippen LogP contribution < -0.4 is 20.2 Å². The van der Waals surface area contributed by atoms with Crippen LogP contribution in [0.1, 0.15) is 22.7 Å². The van der Waals surface area contributed by atoms with Crippen LogP contribution in [-0.4, -0.2) is 31.6 Å². The molecule has 4 aromatic rings. The summed E-state index contributed by atoms with van der Waals surface area (Å²) >= 11 is 3.49. The highest BCUT2D eigenvalue weighted by Crippen LogP contribution is 2.37. The standard InChI is InChI=1S/C27H24BrN3O4/c1-34-21-7-3-5-17(13-21)16-29-31-27(33)30-26(19-6-4-8-22(15-19)35-2)25-23-11-10-20(28)14-18(23)9-12-24(25)32/h3-16,26,32H,1-2H3,(H2,30,31,33)/b29-16+. The molecule has 8 heteroatoms. The predicted molar refractivity (Wildman–Crippen MR) is 140 cm³/mol. The van der Waals surface area contributed by atoms with Crippen LogP contribution in [0.3, 0.4) is 0 Å². The van der Waals surface area contributed by atoms with E-state index in [9.17, 15) is 9.90 Å². The van der Waals surface area contributed by atoms with Gasteiger partial charge in [-0.05, 0) is 64.4 Å². The smallest absolute Gasteiger partial charge is 0.335 e. The summed E-state index contributed by atoms with van der Waals surface area (Å²) in [5.41, 5.74) is 4.57. The van der Waals surface area contributed by atoms with Gasteiger partial charge in [-0.25, -0.2) is 10.2 Å². The number of nitrogens with zero attached hydrogens (tertiary/aromatic N) is 1. The van der Waals surface area contributed by atoms with E-state index in [1.807, 2.05) is 66.7 Å². The first-order chi connectivity index (χ1) is 17.0. The Morgan fingerprint density at radius 1 is 0.971 bits per heavy atom. The van der Waals surface area contributed by atoms with Gasteiger partial charge >= 0.3 is 6.03 Å². The van der Waals surface area contributed by atoms with Gasteiger partial charge < -0.3 is 19.9 Å². The number of methoxy groups -OCH3 is 2. The maximum absolute atomic E-state index is 12.9. The fourth-order valence-electron chi connectivity index (χ4n) is 3.81. The first kappa shape index (κ1) is 24.1. The Morgan fingerprint density at radius 3 is 2.49 bits per heavy atom. The van der Waals surface area contributed by atoms with Gasteiger partial charge in [-0.2, -0.15) is 5.10 Å². The molecular formula is C27H24BrN3O4. The van der Waals surface area contributed by atoms with Crippen LogP contribution in [0.25, 0.3) is 10.8 Å². The van der Waals surface area contributed by atoms with E-state index in [4.69, 9.17) is 9.47 Å². The van der Waals surface area contributed by atoms with Crippen molar-refractivity contribution in [2.24, 2.45) is 5.10 Å². The van der Waals surface area contributed by atoms with E-state index in [0.717, 1.165) is 26.4 Å². The number of hydrogen-bond acceptors (Lipinski definition) is 5. The van der Waals surface area contributed by atoms with Crippen molar-refractivity contribution in [3.63, 3.8) is 0 Å². The van der Waals surface area contributed by atoms with Crippen LogP contribution in [0.5, 0.6) is 17.2 Å². The number of carbonyl (C=O) groups excluding carboxylic acids is 1. The van der Waals surface area contributed by atoms with E-state index in [1.165, 1.54) is 6.21 Å². The average Bonchev–Trinajstić information content (AvgIpc) is 2.88. The van der Waals surface area contributed by atoms with E-state index >= 15 is 0 Å². The topological polar surface area (TPSA) is 92.2 Å². The molecule has 2 amide bonds. The summed E-state index contributed by atoms with van der Waals surface area (Å²) in [4.78, 5) is 12.9. The third-order valence-electron chi connectivity index (χ3n) is 5.47. The number of amides is 2. The zero-order chi connectivity index (χ0) is 24.8. The van der Waals surface area contributed by atoms with Gasteiger partial charge in [0, 0.05) is 10.0 Å². The Balaban J connectivity index is 1.67. The Morgan fingerprint density at radius 2 is 1.71 bits per heavy atom. The first-order valence-electron chi connectivity index (χ1n) is 10.8. The van der Waals surface area contributed by atoms with E-state index in [2.05, 4.69) is 31.8 Å². The number of urea groups is 1. The molecule has 3 N–H and O–H groups in total. The highest BCUT2D eigenvalue weighted by molar-refractivity contribution is 9.10. The predicted octanol–water partition coefficient (Wildman–Crippen LogP) is 5.75. The van der Waals surface area contributed by atoms with Crippen LogP contribution >= 0.6 is 15.9 Å². The molecule has 0 aromatic heterocycles. The van der Waals surface area contributed by atoms with Gasteiger partial charge in [-0.15, -0.1) is 0 Å². The van der Waals surface area contributed by atoms with Crippen molar-refractivity contribution >= 4 is 38.9 Å². The van der Waals surface area contributed by atoms with Gasteiger partial charge in [0.25, 0.3) is 0 Å². The third kappa shape index (κ3) is 5.73. The highest BCUT2D eigenvalue weighted by Gasteiger charge is 2.23. The Labute approximate surface area is 211 Å². The van der Waals surface area contributed by atoms with Crippen molar-refractivity contribution in [2.45, 2.75) is 6.04 Å². The molecule has 1 unspecified atom stereocenters. The number of nitrogens with one attached hydrogen (secondary N) is 2. The van der Waals surface area contributed by atoms with E-state index in [-0.39, 0.29) is 5.75 Å². The molecule has 0 saturated carbocycles. The first-order valence-corrected chi connectivity index (χ1v) is 11.6. The Bertz CT molecular complexity index is 1390. The van der Waals surface area contributed by atoms with Gasteiger partial charge in [-0.3, -0.25) is 0 Å². The molecule has 0 bridgehead atoms. The fourth-order valence-corrected chi connectivity index (χ4v) is 4.19. The molecular weight excluding hydrogens is 510 g/mol. The van der Waals surface area contributed by atoms with Gasteiger partial charge in [0.15, 0.2) is 0 Å². The molecule has 35 heavy (non-hydrogen) atoms. The number of carbonyl (C=O) groups is 1. The van der Waals surface area contributed by atoms with Crippen molar-refractivity contribution in [1.29, 1.82) is 0 Å². The second kappa shape index (κ2) is 10.9. The second-order valence-electron chi connectivity index (χ2n) is 7.69. The number of halogens is 1. The number of rotatable bonds is 7. The number of fused-ring (bicyclic) bond motifs is 1. The number of phenolic OH excluding ortho intramolecular Hbond substituents is 1. The molecule has 0 aliphatic heterocycles. The summed E-state index contributed by atoms with van der Waals surface area (Å²) in [6.07, 6.45) is 1.52. The molecule has 0 fully saturated rings. The monoisotopic (exact) mass is 533 g/mol. The summed E-state index contributed by atoms with van der Waals surface area (Å²) in [5.74, 6) is 1.38. The van der Waals surface area contributed by atoms with Gasteiger partial charge in [0.2, 0.25) is 0 Å². The zero-order valence-electron chi connectivity index (χ0n) is 19.2. The SMILES string of the molecule is COc1cccc(/C=N/NC(=O)NC(c2cccc(OC)c2)c2c(O)ccc3cc(Br)ccc23)c1. The molecule has 0 heterocycles. The number of aromatic hydroxyl groups is 1. The molecule has 0 radical (unpaired) electrons. The summed E-state index contributed by atoms with van der Waals surface area (Å²) in [6.45, 7) is 0. The number of phenols is 1. The fraction of sp³-hybridized carbons (Fsp3) is 0.111. The molecule has 0 aliphatic rings. The largest absolute Gasteiger partial charge is 0.508 e. The lowest BCUT2D eigenvalue weighted by molar-refractivity contribution is 0.239. The molecule has 4 rings (SSSR count). The van der Waals surface area contributed by atoms with Crippen molar-refractivity contribution in [3.8, 4) is 17.2 Å². The summed E-state index contributed by atoms with van der Waals surface area (Å²) in [5, 5.41) is 19.6. The molecule has 0 saturated heterocycles. The van der Waals surface area contributed by atoms with Gasteiger partial charge in [-0.1, -0.05) is 52.3 Å². The summed E-state index contributed by atoms with van der Waals surface area (Å²) in [6, 6.07) is 22.6. The van der Waals surface area contributed by atoms with Crippen molar-refractivity contribution < 1.29 is 19.4 Å². The van der Waals surface area contributed by atoms with Crippen molar-refractivity contribution in [3.05, 3.63) is 100 Å². The number of hydrazone groups is 1. The third-order valence-corrected chi connectivity index (χ3v) is 5.96. The zero-order valence-corrected chi connectivity index (χ0v) is 20.7. The normalized spacial score (nSPS) is 11.9. The lowest BCUT2D eigenvalue weighted by atomic mass is 9.92. The molecule has 1 atom stereocenters. The highest BCUT2D eigenvalue weighted by atomic mass is 79.9. The molecule has 0 aliphatic carbocycles. The second-order valence-corrected chi connectivity index (χ2v) is 8.61. The molecule has 4 aromatic carbocycles. The van der Waals surface area contributed by atoms with Crippen LogP contribution in [0.4, 0.5) is 4.79 Å². The maximum Gasteiger partial charge on any atom is 0.335 e. The number of benzene rings is 4. The van der Waals surface area contributed by atoms with Crippen molar-refractivity contribution in [1.82, 2.24) is 10.7 Å². The van der Waals surface area contributed by atoms with Gasteiger partial charge in [0.05, 0.1) is 26.5 Å². The quantitative estimate of drug-likeness (QED) is 0.208. The van der Waals surface area contributed by atoms with Gasteiger partial charge in [0.1, 0.15) is 17.2 Å². The average molecular weight is 534 g/mol. The lowest BCUT2D eigenvalue weighted by Gasteiger charge is -2.23. The van der Waals surface area contributed by atoms with Crippen LogP contribution in [0, 0.1) is 0 Å². The minimum atomic E-state index is -0.679. The van der Waals surface area contributed by atoms with Crippen LogP contribution in [0.2, 0.25) is 0 Å². The maximum atomic E-state index is 12.9. The molecule has 0 spiro atoms. The summed E-state index contributed by atoms with van der Waals surface area (Å²) in [7, 11) is 3.16.